The van der Waals surface area contributed by atoms with Gasteiger partial charge in [-0.25, -0.2) is 0 Å². The molecule has 1 aliphatic rings. The number of hydrogen-bond acceptors (Lipinski definition) is 4. The molecule has 0 saturated heterocycles. The van der Waals surface area contributed by atoms with Gasteiger partial charge >= 0.3 is 0 Å². The van der Waals surface area contributed by atoms with Crippen molar-refractivity contribution in [2.75, 3.05) is 0 Å². The first-order valence-electron chi connectivity index (χ1n) is 8.80. The molecule has 4 heterocycles. The topological polar surface area (TPSA) is 61.9 Å². The Kier molecular flexibility index (Phi) is 4.22. The van der Waals surface area contributed by atoms with E-state index in [2.05, 4.69) is 21.2 Å². The Morgan fingerprint density at radius 3 is 2.61 bits per heavy atom. The molecule has 5 nitrogen and oxygen atoms in total. The molecule has 7 heteroatoms. The Balaban J connectivity index is 1.63. The zero-order chi connectivity index (χ0) is 19.1. The van der Waals surface area contributed by atoms with Crippen LogP contribution in [0.25, 0.3) is 11.3 Å². The van der Waals surface area contributed by atoms with E-state index in [4.69, 9.17) is 11.6 Å². The fraction of sp³-hybridized carbons (Fsp3) is 0.0952. The molecule has 1 atom stereocenters. The Labute approximate surface area is 170 Å². The highest BCUT2D eigenvalue weighted by Crippen LogP contribution is 2.44. The third-order valence-electron chi connectivity index (χ3n) is 4.90. The van der Waals surface area contributed by atoms with Gasteiger partial charge in [0.15, 0.2) is 0 Å². The first kappa shape index (κ1) is 17.2. The number of rotatable bonds is 4. The summed E-state index contributed by atoms with van der Waals surface area (Å²) in [4.78, 5) is 20.3. The quantitative estimate of drug-likeness (QED) is 0.522. The normalized spacial score (nSPS) is 15.8. The summed E-state index contributed by atoms with van der Waals surface area (Å²) in [5, 5.41) is 10.1. The largest absolute Gasteiger partial charge is 0.321 e. The van der Waals surface area contributed by atoms with E-state index < -0.39 is 0 Å². The molecule has 3 aromatic heterocycles. The second kappa shape index (κ2) is 6.89. The van der Waals surface area contributed by atoms with Crippen molar-refractivity contribution in [1.29, 1.82) is 0 Å². The van der Waals surface area contributed by atoms with Gasteiger partial charge in [-0.15, -0.1) is 11.3 Å². The molecule has 0 saturated carbocycles. The van der Waals surface area contributed by atoms with Crippen molar-refractivity contribution in [2.24, 2.45) is 0 Å². The molecule has 0 radical (unpaired) electrons. The van der Waals surface area contributed by atoms with Crippen molar-refractivity contribution in [3.05, 3.63) is 93.0 Å². The fourth-order valence-corrected chi connectivity index (χ4v) is 4.59. The molecule has 1 amide bonds. The number of aromatic amines is 1. The van der Waals surface area contributed by atoms with Crippen LogP contribution in [0.4, 0.5) is 0 Å². The molecule has 1 N–H and O–H groups in total. The predicted molar refractivity (Wildman–Crippen MR) is 109 cm³/mol. The van der Waals surface area contributed by atoms with Crippen LogP contribution in [-0.4, -0.2) is 26.0 Å². The second-order valence-electron chi connectivity index (χ2n) is 6.57. The van der Waals surface area contributed by atoms with Crippen LogP contribution in [0.3, 0.4) is 0 Å². The number of benzene rings is 1. The lowest BCUT2D eigenvalue weighted by Gasteiger charge is -2.25. The first-order valence-corrected chi connectivity index (χ1v) is 10.1. The number of hydrogen-bond donors (Lipinski definition) is 1. The molecule has 138 valence electrons. The minimum Gasteiger partial charge on any atom is -0.321 e. The van der Waals surface area contributed by atoms with Gasteiger partial charge in [-0.05, 0) is 41.3 Å². The van der Waals surface area contributed by atoms with Crippen LogP contribution in [0.2, 0.25) is 5.02 Å². The van der Waals surface area contributed by atoms with Gasteiger partial charge < -0.3 is 4.90 Å². The highest BCUT2D eigenvalue weighted by atomic mass is 35.5. The van der Waals surface area contributed by atoms with Crippen molar-refractivity contribution < 1.29 is 4.79 Å². The second-order valence-corrected chi connectivity index (χ2v) is 7.99. The zero-order valence-electron chi connectivity index (χ0n) is 14.7. The number of carbonyl (C=O) groups is 1. The van der Waals surface area contributed by atoms with Gasteiger partial charge in [0.05, 0.1) is 11.7 Å². The van der Waals surface area contributed by atoms with Gasteiger partial charge in [0, 0.05) is 40.0 Å². The van der Waals surface area contributed by atoms with Gasteiger partial charge in [0.1, 0.15) is 5.69 Å². The summed E-state index contributed by atoms with van der Waals surface area (Å²) in [7, 11) is 0. The van der Waals surface area contributed by atoms with E-state index in [-0.39, 0.29) is 11.9 Å². The van der Waals surface area contributed by atoms with Crippen LogP contribution in [0.5, 0.6) is 0 Å². The summed E-state index contributed by atoms with van der Waals surface area (Å²) in [5.74, 6) is -0.0436. The molecule has 0 bridgehead atoms. The van der Waals surface area contributed by atoms with E-state index >= 15 is 0 Å². The van der Waals surface area contributed by atoms with E-state index in [1.807, 2.05) is 52.7 Å². The lowest BCUT2D eigenvalue weighted by molar-refractivity contribution is 0.0732. The SMILES string of the molecule is O=C1c2[nH]nc(-c3ccc(Cl)cc3)c2C(c2cccs2)N1Cc1ccncc1. The Hall–Kier alpha value is -2.96. The minimum atomic E-state index is -0.180. The number of nitrogens with one attached hydrogen (secondary N) is 1. The molecular weight excluding hydrogens is 392 g/mol. The number of amides is 1. The van der Waals surface area contributed by atoms with Crippen LogP contribution in [0, 0.1) is 0 Å². The molecule has 0 fully saturated rings. The maximum atomic E-state index is 13.2. The van der Waals surface area contributed by atoms with Gasteiger partial charge in [-0.3, -0.25) is 14.9 Å². The van der Waals surface area contributed by atoms with E-state index in [9.17, 15) is 4.79 Å². The number of carbonyl (C=O) groups excluding carboxylic acids is 1. The highest BCUT2D eigenvalue weighted by molar-refractivity contribution is 7.10. The van der Waals surface area contributed by atoms with Gasteiger partial charge in [-0.2, -0.15) is 5.10 Å². The van der Waals surface area contributed by atoms with E-state index in [1.54, 1.807) is 23.7 Å². The Morgan fingerprint density at radius 1 is 1.11 bits per heavy atom. The number of thiophene rings is 1. The number of fused-ring (bicyclic) bond motifs is 1. The first-order chi connectivity index (χ1) is 13.7. The van der Waals surface area contributed by atoms with Crippen LogP contribution in [-0.2, 0) is 6.54 Å². The van der Waals surface area contributed by atoms with Crippen LogP contribution in [0.15, 0.2) is 66.3 Å². The van der Waals surface area contributed by atoms with Crippen LogP contribution < -0.4 is 0 Å². The average Bonchev–Trinajstić information content (AvgIpc) is 3.43. The molecule has 0 spiro atoms. The molecule has 1 unspecified atom stereocenters. The summed E-state index contributed by atoms with van der Waals surface area (Å²) in [6.45, 7) is 0.506. The number of aromatic nitrogens is 3. The van der Waals surface area contributed by atoms with Crippen molar-refractivity contribution in [2.45, 2.75) is 12.6 Å². The third-order valence-corrected chi connectivity index (χ3v) is 6.07. The Bertz CT molecular complexity index is 1120. The van der Waals surface area contributed by atoms with Crippen molar-refractivity contribution in [3.8, 4) is 11.3 Å². The summed E-state index contributed by atoms with van der Waals surface area (Å²) in [5.41, 5.74) is 4.23. The van der Waals surface area contributed by atoms with Crippen molar-refractivity contribution in [1.82, 2.24) is 20.1 Å². The van der Waals surface area contributed by atoms with E-state index in [0.717, 1.165) is 27.3 Å². The lowest BCUT2D eigenvalue weighted by atomic mass is 10.0. The predicted octanol–water partition coefficient (Wildman–Crippen LogP) is 4.93. The van der Waals surface area contributed by atoms with Crippen LogP contribution in [0.1, 0.15) is 32.5 Å². The fourth-order valence-electron chi connectivity index (χ4n) is 3.62. The zero-order valence-corrected chi connectivity index (χ0v) is 16.2. The van der Waals surface area contributed by atoms with Crippen molar-refractivity contribution >= 4 is 28.8 Å². The molecule has 0 aliphatic carbocycles. The summed E-state index contributed by atoms with van der Waals surface area (Å²) < 4.78 is 0. The number of pyridine rings is 1. The molecule has 1 aliphatic heterocycles. The summed E-state index contributed by atoms with van der Waals surface area (Å²) >= 11 is 7.68. The van der Waals surface area contributed by atoms with Gasteiger partial charge in [0.25, 0.3) is 5.91 Å². The maximum Gasteiger partial charge on any atom is 0.273 e. The minimum absolute atomic E-state index is 0.0436. The summed E-state index contributed by atoms with van der Waals surface area (Å²) in [6.07, 6.45) is 3.49. The maximum absolute atomic E-state index is 13.2. The highest BCUT2D eigenvalue weighted by Gasteiger charge is 2.42. The molecule has 28 heavy (non-hydrogen) atoms. The van der Waals surface area contributed by atoms with E-state index in [1.165, 1.54) is 0 Å². The summed E-state index contributed by atoms with van der Waals surface area (Å²) in [6, 6.07) is 15.3. The third kappa shape index (κ3) is 2.82. The molecule has 4 aromatic rings. The number of halogens is 1. The average molecular weight is 407 g/mol. The lowest BCUT2D eigenvalue weighted by Crippen LogP contribution is -2.28. The number of nitrogens with zero attached hydrogens (tertiary/aromatic N) is 3. The van der Waals surface area contributed by atoms with Gasteiger partial charge in [-0.1, -0.05) is 29.8 Å². The smallest absolute Gasteiger partial charge is 0.273 e. The Morgan fingerprint density at radius 2 is 1.89 bits per heavy atom. The van der Waals surface area contributed by atoms with Crippen molar-refractivity contribution in [3.63, 3.8) is 0 Å². The van der Waals surface area contributed by atoms with Crippen LogP contribution >= 0.6 is 22.9 Å². The molecule has 5 rings (SSSR count). The van der Waals surface area contributed by atoms with E-state index in [0.29, 0.717) is 17.3 Å². The number of H-pyrrole nitrogens is 1. The standard InChI is InChI=1S/C21H15ClN4OS/c22-15-5-3-14(4-6-15)18-17-19(25-24-18)21(27)26(12-13-7-9-23-10-8-13)20(17)16-2-1-11-28-16/h1-11,20H,12H2,(H,24,25). The van der Waals surface area contributed by atoms with Gasteiger partial charge in [0.2, 0.25) is 0 Å². The monoisotopic (exact) mass is 406 g/mol. The molecule has 1 aromatic carbocycles. The molecular formula is C21H15ClN4OS.